The van der Waals surface area contributed by atoms with Crippen LogP contribution in [-0.4, -0.2) is 41.6 Å². The first-order valence-corrected chi connectivity index (χ1v) is 5.59. The Morgan fingerprint density at radius 3 is 2.92 bits per heavy atom. The Morgan fingerprint density at radius 1 is 1.83 bits per heavy atom. The summed E-state index contributed by atoms with van der Waals surface area (Å²) in [5.41, 5.74) is 0. The van der Waals surface area contributed by atoms with Gasteiger partial charge in [0.1, 0.15) is 0 Å². The summed E-state index contributed by atoms with van der Waals surface area (Å²) in [5.74, 6) is 1.25. The summed E-state index contributed by atoms with van der Waals surface area (Å²) in [7, 11) is 0. The second-order valence-corrected chi connectivity index (χ2v) is 4.11. The van der Waals surface area contributed by atoms with Crippen LogP contribution in [0, 0.1) is 0 Å². The molecular weight excluding hydrogens is 172 g/mol. The van der Waals surface area contributed by atoms with Crippen LogP contribution in [0.1, 0.15) is 13.8 Å². The minimum atomic E-state index is 0.00862. The fourth-order valence-electron chi connectivity index (χ4n) is 1.35. The van der Waals surface area contributed by atoms with E-state index in [1.54, 1.807) is 11.8 Å². The maximum absolute atomic E-state index is 11.5. The molecule has 0 bridgehead atoms. The molecule has 2 atom stereocenters. The molecule has 1 heterocycles. The van der Waals surface area contributed by atoms with Crippen LogP contribution >= 0.6 is 11.8 Å². The molecule has 0 aromatic rings. The molecule has 0 aliphatic carbocycles. The van der Waals surface area contributed by atoms with E-state index in [1.807, 2.05) is 11.8 Å². The number of hydrogen-bond donors (Lipinski definition) is 1. The molecule has 4 heteroatoms. The predicted octanol–water partition coefficient (Wildman–Crippen LogP) is 0.516. The van der Waals surface area contributed by atoms with Gasteiger partial charge < -0.3 is 4.90 Å². The van der Waals surface area contributed by atoms with Crippen molar-refractivity contribution >= 4 is 17.7 Å². The van der Waals surface area contributed by atoms with Gasteiger partial charge in [0.15, 0.2) is 0 Å². The summed E-state index contributed by atoms with van der Waals surface area (Å²) in [4.78, 5) is 13.4. The van der Waals surface area contributed by atoms with Gasteiger partial charge in [0.25, 0.3) is 0 Å². The number of nitrogens with one attached hydrogen (secondary N) is 1. The van der Waals surface area contributed by atoms with Crippen LogP contribution in [0.15, 0.2) is 0 Å². The number of nitrogens with zero attached hydrogens (tertiary/aromatic N) is 1. The van der Waals surface area contributed by atoms with Gasteiger partial charge >= 0.3 is 0 Å². The lowest BCUT2D eigenvalue weighted by Crippen LogP contribution is -2.37. The van der Waals surface area contributed by atoms with E-state index < -0.39 is 0 Å². The molecule has 0 aromatic carbocycles. The van der Waals surface area contributed by atoms with Crippen LogP contribution in [0.4, 0.5) is 0 Å². The van der Waals surface area contributed by atoms with Crippen LogP contribution in [0.5, 0.6) is 0 Å². The molecule has 1 aliphatic rings. The highest BCUT2D eigenvalue weighted by molar-refractivity contribution is 7.98. The van der Waals surface area contributed by atoms with Crippen molar-refractivity contribution in [2.75, 3.05) is 18.7 Å². The summed E-state index contributed by atoms with van der Waals surface area (Å²) < 4.78 is 0. The number of thioether (sulfide) groups is 1. The molecular formula is C8H16N2OS. The Hall–Kier alpha value is -0.220. The smallest absolute Gasteiger partial charge is 0.240 e. The van der Waals surface area contributed by atoms with Crippen molar-refractivity contribution in [2.45, 2.75) is 25.9 Å². The van der Waals surface area contributed by atoms with Gasteiger partial charge in [-0.05, 0) is 20.1 Å². The Bertz CT molecular complexity index is 174. The summed E-state index contributed by atoms with van der Waals surface area (Å²) in [6, 6.07) is 0.360. The lowest BCUT2D eigenvalue weighted by molar-refractivity contribution is -0.129. The molecule has 1 rings (SSSR count). The lowest BCUT2D eigenvalue weighted by Gasteiger charge is -2.22. The zero-order valence-electron chi connectivity index (χ0n) is 7.83. The number of amides is 1. The molecule has 1 N–H and O–H groups in total. The fourth-order valence-corrected chi connectivity index (χ4v) is 2.02. The van der Waals surface area contributed by atoms with Crippen molar-refractivity contribution in [3.63, 3.8) is 0 Å². The first-order chi connectivity index (χ1) is 5.66. The highest BCUT2D eigenvalue weighted by Crippen LogP contribution is 2.10. The second-order valence-electron chi connectivity index (χ2n) is 3.20. The molecule has 0 aromatic heterocycles. The van der Waals surface area contributed by atoms with Crippen molar-refractivity contribution in [1.82, 2.24) is 10.2 Å². The second kappa shape index (κ2) is 4.14. The average Bonchev–Trinajstić information content (AvgIpc) is 2.34. The first kappa shape index (κ1) is 9.86. The predicted molar refractivity (Wildman–Crippen MR) is 52.2 cm³/mol. The molecule has 2 unspecified atom stereocenters. The highest BCUT2D eigenvalue weighted by Gasteiger charge is 2.30. The van der Waals surface area contributed by atoms with E-state index in [4.69, 9.17) is 0 Å². The van der Waals surface area contributed by atoms with Gasteiger partial charge in [-0.2, -0.15) is 11.8 Å². The van der Waals surface area contributed by atoms with Gasteiger partial charge in [0, 0.05) is 11.8 Å². The van der Waals surface area contributed by atoms with Gasteiger partial charge in [-0.1, -0.05) is 0 Å². The number of rotatable bonds is 3. The van der Waals surface area contributed by atoms with Crippen molar-refractivity contribution in [1.29, 1.82) is 0 Å². The van der Waals surface area contributed by atoms with Crippen molar-refractivity contribution in [3.8, 4) is 0 Å². The molecule has 1 aliphatic heterocycles. The van der Waals surface area contributed by atoms with E-state index in [2.05, 4.69) is 18.5 Å². The summed E-state index contributed by atoms with van der Waals surface area (Å²) in [5, 5.41) is 3.13. The minimum Gasteiger partial charge on any atom is -0.325 e. The molecule has 12 heavy (non-hydrogen) atoms. The SMILES string of the molecule is CSCC(C)N1CNC(C)C1=O. The Labute approximate surface area is 77.9 Å². The van der Waals surface area contributed by atoms with Crippen LogP contribution in [0.2, 0.25) is 0 Å². The van der Waals surface area contributed by atoms with Crippen LogP contribution in [0.25, 0.3) is 0 Å². The molecule has 1 saturated heterocycles. The first-order valence-electron chi connectivity index (χ1n) is 4.19. The number of hydrogen-bond acceptors (Lipinski definition) is 3. The topological polar surface area (TPSA) is 32.3 Å². The third kappa shape index (κ3) is 1.93. The van der Waals surface area contributed by atoms with Gasteiger partial charge in [0.2, 0.25) is 5.91 Å². The van der Waals surface area contributed by atoms with E-state index in [1.165, 1.54) is 0 Å². The maximum atomic E-state index is 11.5. The number of carbonyl (C=O) groups is 1. The quantitative estimate of drug-likeness (QED) is 0.700. The van der Waals surface area contributed by atoms with Gasteiger partial charge in [-0.3, -0.25) is 10.1 Å². The summed E-state index contributed by atoms with van der Waals surface area (Å²) >= 11 is 1.78. The molecule has 70 valence electrons. The van der Waals surface area contributed by atoms with Gasteiger partial charge in [-0.25, -0.2) is 0 Å². The Kier molecular flexibility index (Phi) is 3.40. The van der Waals surface area contributed by atoms with Gasteiger partial charge in [-0.15, -0.1) is 0 Å². The van der Waals surface area contributed by atoms with E-state index in [0.29, 0.717) is 12.7 Å². The maximum Gasteiger partial charge on any atom is 0.240 e. The number of carbonyl (C=O) groups excluding carboxylic acids is 1. The molecule has 0 spiro atoms. The van der Waals surface area contributed by atoms with Gasteiger partial charge in [0.05, 0.1) is 12.7 Å². The van der Waals surface area contributed by atoms with Crippen molar-refractivity contribution < 1.29 is 4.79 Å². The van der Waals surface area contributed by atoms with Crippen LogP contribution in [-0.2, 0) is 4.79 Å². The third-order valence-electron chi connectivity index (χ3n) is 2.16. The summed E-state index contributed by atoms with van der Waals surface area (Å²) in [6.45, 7) is 4.71. The monoisotopic (exact) mass is 188 g/mol. The summed E-state index contributed by atoms with van der Waals surface area (Å²) in [6.07, 6.45) is 2.06. The zero-order valence-corrected chi connectivity index (χ0v) is 8.65. The third-order valence-corrected chi connectivity index (χ3v) is 2.98. The normalized spacial score (nSPS) is 26.4. The highest BCUT2D eigenvalue weighted by atomic mass is 32.2. The molecule has 1 fully saturated rings. The van der Waals surface area contributed by atoms with E-state index in [9.17, 15) is 4.79 Å². The molecule has 0 radical (unpaired) electrons. The van der Waals surface area contributed by atoms with Crippen molar-refractivity contribution in [3.05, 3.63) is 0 Å². The molecule has 1 amide bonds. The fraction of sp³-hybridized carbons (Fsp3) is 0.875. The van der Waals surface area contributed by atoms with Crippen LogP contribution in [0.3, 0.4) is 0 Å². The molecule has 3 nitrogen and oxygen atoms in total. The minimum absolute atomic E-state index is 0.00862. The molecule has 0 saturated carbocycles. The largest absolute Gasteiger partial charge is 0.325 e. The van der Waals surface area contributed by atoms with E-state index in [0.717, 1.165) is 5.75 Å². The Morgan fingerprint density at radius 2 is 2.50 bits per heavy atom. The average molecular weight is 188 g/mol. The lowest BCUT2D eigenvalue weighted by atomic mass is 10.3. The van der Waals surface area contributed by atoms with E-state index >= 15 is 0 Å². The Balaban J connectivity index is 2.47. The van der Waals surface area contributed by atoms with Crippen LogP contribution < -0.4 is 5.32 Å². The van der Waals surface area contributed by atoms with Crippen molar-refractivity contribution in [2.24, 2.45) is 0 Å². The zero-order chi connectivity index (χ0) is 9.14. The standard InChI is InChI=1S/C8H16N2OS/c1-6(4-12-3)10-5-9-7(2)8(10)11/h6-7,9H,4-5H2,1-3H3. The van der Waals surface area contributed by atoms with E-state index in [-0.39, 0.29) is 11.9 Å².